The van der Waals surface area contributed by atoms with Gasteiger partial charge in [0.1, 0.15) is 5.75 Å². The van der Waals surface area contributed by atoms with Crippen LogP contribution in [0.5, 0.6) is 5.75 Å². The quantitative estimate of drug-likeness (QED) is 0.631. The number of hydrogen-bond acceptors (Lipinski definition) is 5. The van der Waals surface area contributed by atoms with Crippen molar-refractivity contribution >= 4 is 22.7 Å². The van der Waals surface area contributed by atoms with Crippen LogP contribution in [0.15, 0.2) is 59.5 Å². The standard InChI is InChI=1S/C19H25NO2S.C2H2O4/c1-20(2)14-17(13-16-7-5-4-6-8-16)15-22-18-9-11-19(12-10-18)23(3)21;3-1(4)2(5)6/h4-12,17H,13-15H2,1-3H3;(H,3,4)(H,5,6). The first kappa shape index (κ1) is 24.3. The Morgan fingerprint density at radius 1 is 1.00 bits per heavy atom. The summed E-state index contributed by atoms with van der Waals surface area (Å²) in [5.74, 6) is -2.39. The number of rotatable bonds is 8. The molecule has 2 aromatic carbocycles. The summed E-state index contributed by atoms with van der Waals surface area (Å²) in [5.41, 5.74) is 1.33. The molecule has 0 saturated carbocycles. The molecule has 0 aromatic heterocycles. The Hall–Kier alpha value is -2.71. The number of benzene rings is 2. The van der Waals surface area contributed by atoms with E-state index in [0.29, 0.717) is 12.5 Å². The van der Waals surface area contributed by atoms with E-state index in [9.17, 15) is 4.21 Å². The number of ether oxygens (including phenoxy) is 1. The van der Waals surface area contributed by atoms with Crippen molar-refractivity contribution in [3.8, 4) is 5.75 Å². The number of carboxylic acid groups (broad SMARTS) is 2. The monoisotopic (exact) mass is 421 g/mol. The highest BCUT2D eigenvalue weighted by molar-refractivity contribution is 7.84. The molecular weight excluding hydrogens is 394 g/mol. The number of nitrogens with zero attached hydrogens (tertiary/aromatic N) is 1. The molecule has 8 heteroatoms. The van der Waals surface area contributed by atoms with Crippen molar-refractivity contribution in [1.82, 2.24) is 4.90 Å². The average molecular weight is 422 g/mol. The van der Waals surface area contributed by atoms with Gasteiger partial charge < -0.3 is 19.8 Å². The van der Waals surface area contributed by atoms with Crippen LogP contribution in [0.25, 0.3) is 0 Å². The van der Waals surface area contributed by atoms with Crippen molar-refractivity contribution in [2.24, 2.45) is 5.92 Å². The lowest BCUT2D eigenvalue weighted by Crippen LogP contribution is -2.28. The van der Waals surface area contributed by atoms with Crippen LogP contribution in [0, 0.1) is 5.92 Å². The molecular formula is C21H27NO6S. The summed E-state index contributed by atoms with van der Waals surface area (Å²) in [5, 5.41) is 14.8. The van der Waals surface area contributed by atoms with Gasteiger partial charge in [0.05, 0.1) is 6.61 Å². The van der Waals surface area contributed by atoms with Crippen LogP contribution >= 0.6 is 0 Å². The summed E-state index contributed by atoms with van der Waals surface area (Å²) in [4.78, 5) is 21.2. The minimum Gasteiger partial charge on any atom is -0.493 e. The van der Waals surface area contributed by atoms with E-state index in [-0.39, 0.29) is 0 Å². The van der Waals surface area contributed by atoms with Gasteiger partial charge in [0.2, 0.25) is 0 Å². The second kappa shape index (κ2) is 12.7. The second-order valence-corrected chi connectivity index (χ2v) is 8.04. The lowest BCUT2D eigenvalue weighted by Gasteiger charge is -2.21. The second-order valence-electron chi connectivity index (χ2n) is 6.66. The van der Waals surface area contributed by atoms with Gasteiger partial charge in [0.15, 0.2) is 0 Å². The Labute approximate surface area is 173 Å². The Morgan fingerprint density at radius 3 is 2.00 bits per heavy atom. The zero-order valence-electron chi connectivity index (χ0n) is 16.8. The van der Waals surface area contributed by atoms with E-state index in [4.69, 9.17) is 24.5 Å². The Bertz CT molecular complexity index is 781. The molecule has 158 valence electrons. The van der Waals surface area contributed by atoms with E-state index < -0.39 is 22.7 Å². The molecule has 0 bridgehead atoms. The fourth-order valence-electron chi connectivity index (χ4n) is 2.58. The van der Waals surface area contributed by atoms with Gasteiger partial charge in [-0.05, 0) is 50.3 Å². The molecule has 0 aliphatic carbocycles. The zero-order chi connectivity index (χ0) is 21.8. The summed E-state index contributed by atoms with van der Waals surface area (Å²) < 4.78 is 17.4. The zero-order valence-corrected chi connectivity index (χ0v) is 17.6. The highest BCUT2D eigenvalue weighted by Crippen LogP contribution is 2.17. The molecule has 2 N–H and O–H groups in total. The molecule has 2 atom stereocenters. The van der Waals surface area contributed by atoms with Gasteiger partial charge in [0.25, 0.3) is 0 Å². The van der Waals surface area contributed by atoms with Crippen LogP contribution in [0.1, 0.15) is 5.56 Å². The highest BCUT2D eigenvalue weighted by atomic mass is 32.2. The molecule has 2 unspecified atom stereocenters. The van der Waals surface area contributed by atoms with Gasteiger partial charge in [-0.25, -0.2) is 9.59 Å². The molecule has 0 radical (unpaired) electrons. The summed E-state index contributed by atoms with van der Waals surface area (Å²) >= 11 is 0. The van der Waals surface area contributed by atoms with Crippen molar-refractivity contribution in [1.29, 1.82) is 0 Å². The van der Waals surface area contributed by atoms with Crippen molar-refractivity contribution < 1.29 is 28.7 Å². The summed E-state index contributed by atoms with van der Waals surface area (Å²) in [6.45, 7) is 1.65. The molecule has 7 nitrogen and oxygen atoms in total. The van der Waals surface area contributed by atoms with Gasteiger partial charge in [-0.1, -0.05) is 30.3 Å². The van der Waals surface area contributed by atoms with E-state index in [0.717, 1.165) is 23.6 Å². The van der Waals surface area contributed by atoms with Crippen LogP contribution in [-0.2, 0) is 26.8 Å². The first-order valence-electron chi connectivity index (χ1n) is 8.90. The van der Waals surface area contributed by atoms with Gasteiger partial charge in [-0.15, -0.1) is 0 Å². The van der Waals surface area contributed by atoms with E-state index in [1.165, 1.54) is 5.56 Å². The molecule has 29 heavy (non-hydrogen) atoms. The van der Waals surface area contributed by atoms with Crippen molar-refractivity contribution in [2.45, 2.75) is 11.3 Å². The van der Waals surface area contributed by atoms with E-state index in [1.54, 1.807) is 6.26 Å². The largest absolute Gasteiger partial charge is 0.493 e. The van der Waals surface area contributed by atoms with E-state index in [2.05, 4.69) is 43.3 Å². The summed E-state index contributed by atoms with van der Waals surface area (Å²) in [7, 11) is 3.23. The highest BCUT2D eigenvalue weighted by Gasteiger charge is 2.12. The minimum absolute atomic E-state index is 0.424. The molecule has 2 rings (SSSR count). The topological polar surface area (TPSA) is 104 Å². The maximum Gasteiger partial charge on any atom is 0.414 e. The number of carbonyl (C=O) groups is 2. The summed E-state index contributed by atoms with van der Waals surface area (Å²) in [6.07, 6.45) is 2.68. The summed E-state index contributed by atoms with van der Waals surface area (Å²) in [6, 6.07) is 18.0. The molecule has 0 aliphatic heterocycles. The molecule has 0 saturated heterocycles. The van der Waals surface area contributed by atoms with Gasteiger partial charge in [0, 0.05) is 34.4 Å². The van der Waals surface area contributed by atoms with Gasteiger partial charge >= 0.3 is 11.9 Å². The predicted octanol–water partition coefficient (Wildman–Crippen LogP) is 2.38. The van der Waals surface area contributed by atoms with Crippen molar-refractivity contribution in [2.75, 3.05) is 33.5 Å². The Kier molecular flexibility index (Phi) is 10.6. The average Bonchev–Trinajstić information content (AvgIpc) is 2.67. The smallest absolute Gasteiger partial charge is 0.414 e. The number of hydrogen-bond donors (Lipinski definition) is 2. The number of aliphatic carboxylic acids is 2. The van der Waals surface area contributed by atoms with Crippen LogP contribution in [0.3, 0.4) is 0 Å². The van der Waals surface area contributed by atoms with Crippen molar-refractivity contribution in [3.63, 3.8) is 0 Å². The van der Waals surface area contributed by atoms with Crippen LogP contribution in [0.2, 0.25) is 0 Å². The molecule has 0 fully saturated rings. The lowest BCUT2D eigenvalue weighted by molar-refractivity contribution is -0.159. The van der Waals surface area contributed by atoms with Gasteiger partial charge in [-0.2, -0.15) is 0 Å². The maximum absolute atomic E-state index is 11.4. The molecule has 0 heterocycles. The number of carboxylic acids is 2. The van der Waals surface area contributed by atoms with Crippen LogP contribution < -0.4 is 4.74 Å². The maximum atomic E-state index is 11.4. The molecule has 0 aliphatic rings. The third-order valence-corrected chi connectivity index (χ3v) is 4.75. The van der Waals surface area contributed by atoms with Gasteiger partial charge in [-0.3, -0.25) is 4.21 Å². The van der Waals surface area contributed by atoms with Crippen molar-refractivity contribution in [3.05, 3.63) is 60.2 Å². The minimum atomic E-state index is -1.82. The first-order chi connectivity index (χ1) is 13.7. The third-order valence-electron chi connectivity index (χ3n) is 3.81. The first-order valence-corrected chi connectivity index (χ1v) is 10.5. The predicted molar refractivity (Wildman–Crippen MR) is 112 cm³/mol. The van der Waals surface area contributed by atoms with E-state index in [1.807, 2.05) is 30.3 Å². The Morgan fingerprint density at radius 2 is 1.55 bits per heavy atom. The lowest BCUT2D eigenvalue weighted by atomic mass is 10.00. The Balaban J connectivity index is 0.000000612. The third kappa shape index (κ3) is 10.4. The fraction of sp³-hybridized carbons (Fsp3) is 0.333. The van der Waals surface area contributed by atoms with Crippen LogP contribution in [-0.4, -0.2) is 64.8 Å². The fourth-order valence-corrected chi connectivity index (χ4v) is 3.10. The molecule has 0 amide bonds. The van der Waals surface area contributed by atoms with E-state index >= 15 is 0 Å². The molecule has 0 spiro atoms. The SMILES string of the molecule is CN(C)CC(COc1ccc(S(C)=O)cc1)Cc1ccccc1.O=C(O)C(=O)O. The normalized spacial score (nSPS) is 12.4. The van der Waals surface area contributed by atoms with Crippen LogP contribution in [0.4, 0.5) is 0 Å². The molecule has 2 aromatic rings.